The van der Waals surface area contributed by atoms with Crippen molar-refractivity contribution in [3.63, 3.8) is 0 Å². The molecule has 0 aliphatic carbocycles. The maximum atomic E-state index is 13.0. The van der Waals surface area contributed by atoms with Crippen LogP contribution in [0.3, 0.4) is 0 Å². The van der Waals surface area contributed by atoms with Crippen LogP contribution in [0.25, 0.3) is 11.1 Å². The molecule has 1 N–H and O–H groups in total. The van der Waals surface area contributed by atoms with E-state index in [1.165, 1.54) is 22.8 Å². The lowest BCUT2D eigenvalue weighted by molar-refractivity contribution is 0.528. The fourth-order valence-corrected chi connectivity index (χ4v) is 4.26. The molecule has 3 aromatic rings. The van der Waals surface area contributed by atoms with E-state index in [2.05, 4.69) is 4.72 Å². The summed E-state index contributed by atoms with van der Waals surface area (Å²) in [6.07, 6.45) is 1.45. The number of sulfonamides is 1. The molecule has 0 atom stereocenters. The third-order valence-corrected chi connectivity index (χ3v) is 5.86. The summed E-state index contributed by atoms with van der Waals surface area (Å²) in [6, 6.07) is 8.40. The van der Waals surface area contributed by atoms with Crippen LogP contribution in [0.2, 0.25) is 0 Å². The molecule has 0 amide bonds. The van der Waals surface area contributed by atoms with Gasteiger partial charge in [-0.15, -0.1) is 0 Å². The maximum Gasteiger partial charge on any atom is 0.419 e. The minimum Gasteiger partial charge on any atom is -0.408 e. The van der Waals surface area contributed by atoms with Crippen LogP contribution in [0.15, 0.2) is 44.4 Å². The third kappa shape index (κ3) is 3.14. The first-order valence-corrected chi connectivity index (χ1v) is 10.00. The number of nitrogens with zero attached hydrogens (tertiary/aromatic N) is 1. The Morgan fingerprint density at radius 2 is 1.69 bits per heavy atom. The molecule has 1 heterocycles. The Labute approximate surface area is 152 Å². The van der Waals surface area contributed by atoms with E-state index in [-0.39, 0.29) is 4.90 Å². The van der Waals surface area contributed by atoms with Gasteiger partial charge in [-0.3, -0.25) is 9.29 Å². The standard InChI is InChI=1S/C19H22N2O4S/c1-5-13-9-12(3)10-14(6-2)18(13)20-26(23,24)15-7-8-17-16(11-15)21(4)19(22)25-17/h7-11,20H,5-6H2,1-4H3. The Balaban J connectivity index is 2.10. The summed E-state index contributed by atoms with van der Waals surface area (Å²) >= 11 is 0. The van der Waals surface area contributed by atoms with Crippen molar-refractivity contribution >= 4 is 26.8 Å². The van der Waals surface area contributed by atoms with Crippen LogP contribution in [-0.2, 0) is 29.9 Å². The number of aromatic nitrogens is 1. The zero-order valence-corrected chi connectivity index (χ0v) is 16.1. The van der Waals surface area contributed by atoms with Gasteiger partial charge < -0.3 is 4.42 Å². The van der Waals surface area contributed by atoms with Gasteiger partial charge >= 0.3 is 5.76 Å². The predicted molar refractivity (Wildman–Crippen MR) is 102 cm³/mol. The molecular weight excluding hydrogens is 352 g/mol. The van der Waals surface area contributed by atoms with Crippen molar-refractivity contribution < 1.29 is 12.8 Å². The molecule has 0 aliphatic heterocycles. The summed E-state index contributed by atoms with van der Waals surface area (Å²) in [5, 5.41) is 0. The number of fused-ring (bicyclic) bond motifs is 1. The van der Waals surface area contributed by atoms with E-state index >= 15 is 0 Å². The zero-order chi connectivity index (χ0) is 19.1. The molecule has 0 radical (unpaired) electrons. The second-order valence-electron chi connectivity index (χ2n) is 6.33. The number of hydrogen-bond acceptors (Lipinski definition) is 4. The monoisotopic (exact) mass is 374 g/mol. The lowest BCUT2D eigenvalue weighted by atomic mass is 10.0. The van der Waals surface area contributed by atoms with E-state index in [1.54, 1.807) is 7.05 Å². The highest BCUT2D eigenvalue weighted by molar-refractivity contribution is 7.92. The molecule has 0 saturated carbocycles. The topological polar surface area (TPSA) is 81.3 Å². The number of rotatable bonds is 5. The average molecular weight is 374 g/mol. The van der Waals surface area contributed by atoms with E-state index in [9.17, 15) is 13.2 Å². The Morgan fingerprint density at radius 1 is 1.08 bits per heavy atom. The van der Waals surface area contributed by atoms with E-state index < -0.39 is 15.8 Å². The fraction of sp³-hybridized carbons (Fsp3) is 0.316. The molecule has 138 valence electrons. The molecule has 0 aliphatic rings. The Morgan fingerprint density at radius 3 is 2.27 bits per heavy atom. The fourth-order valence-electron chi connectivity index (χ4n) is 3.10. The summed E-state index contributed by atoms with van der Waals surface area (Å²) in [5.41, 5.74) is 4.46. The molecular formula is C19H22N2O4S. The number of hydrogen-bond donors (Lipinski definition) is 1. The van der Waals surface area contributed by atoms with Gasteiger partial charge in [0.1, 0.15) is 0 Å². The van der Waals surface area contributed by atoms with Gasteiger partial charge in [-0.2, -0.15) is 0 Å². The highest BCUT2D eigenvalue weighted by Crippen LogP contribution is 2.28. The van der Waals surface area contributed by atoms with Crippen molar-refractivity contribution in [1.82, 2.24) is 4.57 Å². The zero-order valence-electron chi connectivity index (χ0n) is 15.3. The van der Waals surface area contributed by atoms with Crippen LogP contribution in [0.4, 0.5) is 5.69 Å². The van der Waals surface area contributed by atoms with Crippen LogP contribution < -0.4 is 10.5 Å². The van der Waals surface area contributed by atoms with E-state index in [1.807, 2.05) is 32.9 Å². The van der Waals surface area contributed by atoms with Crippen LogP contribution in [-0.4, -0.2) is 13.0 Å². The van der Waals surface area contributed by atoms with E-state index in [0.29, 0.717) is 16.8 Å². The minimum atomic E-state index is -3.80. The van der Waals surface area contributed by atoms with Crippen molar-refractivity contribution in [1.29, 1.82) is 0 Å². The molecule has 0 saturated heterocycles. The molecule has 6 nitrogen and oxygen atoms in total. The van der Waals surface area contributed by atoms with Crippen LogP contribution in [0, 0.1) is 6.92 Å². The summed E-state index contributed by atoms with van der Waals surface area (Å²) in [4.78, 5) is 11.7. The molecule has 3 rings (SSSR count). The largest absolute Gasteiger partial charge is 0.419 e. The second-order valence-corrected chi connectivity index (χ2v) is 8.01. The highest BCUT2D eigenvalue weighted by atomic mass is 32.2. The van der Waals surface area contributed by atoms with Gasteiger partial charge in [-0.05, 0) is 49.1 Å². The predicted octanol–water partition coefficient (Wildman–Crippen LogP) is 3.37. The van der Waals surface area contributed by atoms with Crippen molar-refractivity contribution in [3.05, 3.63) is 57.6 Å². The lowest BCUT2D eigenvalue weighted by Gasteiger charge is -2.17. The first-order valence-electron chi connectivity index (χ1n) is 8.51. The van der Waals surface area contributed by atoms with Crippen LogP contribution in [0.1, 0.15) is 30.5 Å². The normalized spacial score (nSPS) is 11.8. The number of anilines is 1. The molecule has 0 fully saturated rings. The van der Waals surface area contributed by atoms with Crippen molar-refractivity contribution in [3.8, 4) is 0 Å². The highest BCUT2D eigenvalue weighted by Gasteiger charge is 2.20. The lowest BCUT2D eigenvalue weighted by Crippen LogP contribution is -2.16. The van der Waals surface area contributed by atoms with Gasteiger partial charge in [0.05, 0.1) is 16.1 Å². The van der Waals surface area contributed by atoms with Gasteiger partial charge in [-0.1, -0.05) is 31.5 Å². The Bertz CT molecular complexity index is 1120. The first kappa shape index (κ1) is 18.3. The molecule has 0 spiro atoms. The molecule has 7 heteroatoms. The third-order valence-electron chi connectivity index (χ3n) is 4.52. The number of oxazole rings is 1. The van der Waals surface area contributed by atoms with Gasteiger partial charge in [0, 0.05) is 7.05 Å². The quantitative estimate of drug-likeness (QED) is 0.742. The summed E-state index contributed by atoms with van der Waals surface area (Å²) in [5.74, 6) is -0.525. The van der Waals surface area contributed by atoms with Crippen LogP contribution in [0.5, 0.6) is 0 Å². The van der Waals surface area contributed by atoms with Gasteiger partial charge in [-0.25, -0.2) is 13.2 Å². The number of nitrogens with one attached hydrogen (secondary N) is 1. The van der Waals surface area contributed by atoms with Crippen molar-refractivity contribution in [2.45, 2.75) is 38.5 Å². The maximum absolute atomic E-state index is 13.0. The van der Waals surface area contributed by atoms with E-state index in [0.717, 1.165) is 29.5 Å². The summed E-state index contributed by atoms with van der Waals surface area (Å²) in [7, 11) is -2.25. The molecule has 0 unspecified atom stereocenters. The van der Waals surface area contributed by atoms with Gasteiger partial charge in [0.25, 0.3) is 10.0 Å². The Hall–Kier alpha value is -2.54. The minimum absolute atomic E-state index is 0.0890. The average Bonchev–Trinajstić information content (AvgIpc) is 2.89. The second kappa shape index (κ2) is 6.64. The van der Waals surface area contributed by atoms with Crippen LogP contribution >= 0.6 is 0 Å². The SMILES string of the molecule is CCc1cc(C)cc(CC)c1NS(=O)(=O)c1ccc2oc(=O)n(C)c2c1. The molecule has 1 aromatic heterocycles. The first-order chi connectivity index (χ1) is 12.3. The van der Waals surface area contributed by atoms with Gasteiger partial charge in [0.15, 0.2) is 5.58 Å². The number of aryl methyl sites for hydroxylation is 4. The smallest absolute Gasteiger partial charge is 0.408 e. The Kier molecular flexibility index (Phi) is 4.66. The summed E-state index contributed by atoms with van der Waals surface area (Å²) in [6.45, 7) is 6.00. The van der Waals surface area contributed by atoms with Crippen molar-refractivity contribution in [2.24, 2.45) is 7.05 Å². The van der Waals surface area contributed by atoms with Gasteiger partial charge in [0.2, 0.25) is 0 Å². The molecule has 26 heavy (non-hydrogen) atoms. The molecule has 0 bridgehead atoms. The molecule has 2 aromatic carbocycles. The van der Waals surface area contributed by atoms with E-state index in [4.69, 9.17) is 4.42 Å². The number of benzene rings is 2. The van der Waals surface area contributed by atoms with Crippen molar-refractivity contribution in [2.75, 3.05) is 4.72 Å². The summed E-state index contributed by atoms with van der Waals surface area (Å²) < 4.78 is 35.0.